The van der Waals surface area contributed by atoms with Crippen molar-refractivity contribution in [2.24, 2.45) is 0 Å². The van der Waals surface area contributed by atoms with E-state index in [4.69, 9.17) is 4.74 Å². The van der Waals surface area contributed by atoms with E-state index >= 15 is 0 Å². The Balaban J connectivity index is 1.94. The highest BCUT2D eigenvalue weighted by Crippen LogP contribution is 2.32. The third-order valence-electron chi connectivity index (χ3n) is 5.85. The molecular formula is C24H32N2O4S. The molecule has 1 saturated carbocycles. The second-order valence-corrected chi connectivity index (χ2v) is 10.2. The van der Waals surface area contributed by atoms with E-state index in [1.54, 1.807) is 12.1 Å². The number of benzene rings is 2. The SMILES string of the molecule is COc1ccc(C)cc1S(=O)(=O)N(CC(=O)Nc1cc(C)ccc1C)C1CCCCC1. The number of methoxy groups -OCH3 is 1. The second kappa shape index (κ2) is 9.83. The maximum absolute atomic E-state index is 13.7. The molecule has 0 aromatic heterocycles. The molecule has 2 aromatic rings. The lowest BCUT2D eigenvalue weighted by atomic mass is 9.95. The summed E-state index contributed by atoms with van der Waals surface area (Å²) in [5, 5.41) is 2.91. The molecule has 1 aliphatic carbocycles. The molecule has 0 saturated heterocycles. The molecule has 0 radical (unpaired) electrons. The third-order valence-corrected chi connectivity index (χ3v) is 7.77. The van der Waals surface area contributed by atoms with Gasteiger partial charge in [-0.3, -0.25) is 4.79 Å². The Hall–Kier alpha value is -2.38. The van der Waals surface area contributed by atoms with Crippen molar-refractivity contribution >= 4 is 21.6 Å². The van der Waals surface area contributed by atoms with Crippen LogP contribution in [-0.2, 0) is 14.8 Å². The number of amides is 1. The quantitative estimate of drug-likeness (QED) is 0.678. The Morgan fingerprint density at radius 3 is 2.35 bits per heavy atom. The first-order valence-electron chi connectivity index (χ1n) is 10.8. The van der Waals surface area contributed by atoms with Crippen molar-refractivity contribution in [1.29, 1.82) is 0 Å². The van der Waals surface area contributed by atoms with Gasteiger partial charge in [0.1, 0.15) is 10.6 Å². The van der Waals surface area contributed by atoms with Gasteiger partial charge in [-0.05, 0) is 68.5 Å². The molecule has 0 aliphatic heterocycles. The molecule has 0 atom stereocenters. The Labute approximate surface area is 185 Å². The molecule has 168 valence electrons. The summed E-state index contributed by atoms with van der Waals surface area (Å²) >= 11 is 0. The summed E-state index contributed by atoms with van der Waals surface area (Å²) in [4.78, 5) is 13.1. The van der Waals surface area contributed by atoms with E-state index in [0.29, 0.717) is 11.4 Å². The van der Waals surface area contributed by atoms with Crippen LogP contribution < -0.4 is 10.1 Å². The number of aryl methyl sites for hydroxylation is 3. The van der Waals surface area contributed by atoms with Crippen molar-refractivity contribution in [3.8, 4) is 5.75 Å². The minimum atomic E-state index is -3.92. The van der Waals surface area contributed by atoms with Crippen LogP contribution in [0.1, 0.15) is 48.8 Å². The van der Waals surface area contributed by atoms with Crippen LogP contribution >= 0.6 is 0 Å². The topological polar surface area (TPSA) is 75.7 Å². The summed E-state index contributed by atoms with van der Waals surface area (Å²) in [6, 6.07) is 10.7. The van der Waals surface area contributed by atoms with E-state index in [-0.39, 0.29) is 23.4 Å². The third kappa shape index (κ3) is 5.46. The van der Waals surface area contributed by atoms with Gasteiger partial charge in [0.05, 0.1) is 13.7 Å². The molecule has 3 rings (SSSR count). The van der Waals surface area contributed by atoms with Gasteiger partial charge in [-0.2, -0.15) is 4.31 Å². The molecule has 0 heterocycles. The lowest BCUT2D eigenvalue weighted by Crippen LogP contribution is -2.45. The van der Waals surface area contributed by atoms with Crippen molar-refractivity contribution < 1.29 is 17.9 Å². The lowest BCUT2D eigenvalue weighted by Gasteiger charge is -2.33. The summed E-state index contributed by atoms with van der Waals surface area (Å²) in [5.74, 6) is -0.0455. The smallest absolute Gasteiger partial charge is 0.247 e. The molecule has 1 N–H and O–H groups in total. The Morgan fingerprint density at radius 2 is 1.68 bits per heavy atom. The van der Waals surface area contributed by atoms with E-state index in [9.17, 15) is 13.2 Å². The molecule has 1 amide bonds. The maximum Gasteiger partial charge on any atom is 0.247 e. The Kier molecular flexibility index (Phi) is 7.38. The van der Waals surface area contributed by atoms with Crippen molar-refractivity contribution in [2.75, 3.05) is 19.0 Å². The summed E-state index contributed by atoms with van der Waals surface area (Å²) < 4.78 is 34.2. The van der Waals surface area contributed by atoms with Crippen LogP contribution in [0.4, 0.5) is 5.69 Å². The van der Waals surface area contributed by atoms with Crippen LogP contribution in [0.3, 0.4) is 0 Å². The van der Waals surface area contributed by atoms with Gasteiger partial charge in [0.25, 0.3) is 0 Å². The van der Waals surface area contributed by atoms with Gasteiger partial charge in [0, 0.05) is 11.7 Å². The first-order valence-corrected chi connectivity index (χ1v) is 12.2. The molecule has 7 heteroatoms. The summed E-state index contributed by atoms with van der Waals surface area (Å²) in [5.41, 5.74) is 3.50. The number of anilines is 1. The average Bonchev–Trinajstić information content (AvgIpc) is 2.75. The number of rotatable bonds is 7. The van der Waals surface area contributed by atoms with E-state index in [2.05, 4.69) is 5.32 Å². The molecule has 1 aliphatic rings. The van der Waals surface area contributed by atoms with Crippen molar-refractivity contribution in [1.82, 2.24) is 4.31 Å². The van der Waals surface area contributed by atoms with Gasteiger partial charge in [-0.1, -0.05) is 37.5 Å². The van der Waals surface area contributed by atoms with Gasteiger partial charge >= 0.3 is 0 Å². The predicted octanol–water partition coefficient (Wildman–Crippen LogP) is 4.58. The monoisotopic (exact) mass is 444 g/mol. The summed E-state index contributed by atoms with van der Waals surface area (Å²) in [6.45, 7) is 5.49. The standard InChI is InChI=1S/C24H32N2O4S/c1-17-10-12-19(3)21(14-17)25-24(27)16-26(20-8-6-5-7-9-20)31(28,29)23-15-18(2)11-13-22(23)30-4/h10-15,20H,5-9,16H2,1-4H3,(H,25,27). The van der Waals surface area contributed by atoms with Gasteiger partial charge in [-0.15, -0.1) is 0 Å². The van der Waals surface area contributed by atoms with Crippen LogP contribution in [0.25, 0.3) is 0 Å². The molecule has 2 aromatic carbocycles. The van der Waals surface area contributed by atoms with Crippen LogP contribution in [0.5, 0.6) is 5.75 Å². The van der Waals surface area contributed by atoms with E-state index in [1.807, 2.05) is 45.0 Å². The number of carbonyl (C=O) groups excluding carboxylic acids is 1. The first kappa shape index (κ1) is 23.3. The van der Waals surface area contributed by atoms with Gasteiger partial charge in [-0.25, -0.2) is 8.42 Å². The number of hydrogen-bond donors (Lipinski definition) is 1. The first-order chi connectivity index (χ1) is 14.7. The zero-order valence-electron chi connectivity index (χ0n) is 18.8. The Morgan fingerprint density at radius 1 is 1.03 bits per heavy atom. The maximum atomic E-state index is 13.7. The van der Waals surface area contributed by atoms with Crippen LogP contribution in [0.2, 0.25) is 0 Å². The fraction of sp³-hybridized carbons (Fsp3) is 0.458. The fourth-order valence-electron chi connectivity index (χ4n) is 4.09. The van der Waals surface area contributed by atoms with Crippen molar-refractivity contribution in [2.45, 2.75) is 63.8 Å². The predicted molar refractivity (Wildman–Crippen MR) is 123 cm³/mol. The largest absolute Gasteiger partial charge is 0.495 e. The highest BCUT2D eigenvalue weighted by atomic mass is 32.2. The highest BCUT2D eigenvalue weighted by molar-refractivity contribution is 7.89. The average molecular weight is 445 g/mol. The van der Waals surface area contributed by atoms with Crippen LogP contribution in [-0.4, -0.2) is 38.3 Å². The lowest BCUT2D eigenvalue weighted by molar-refractivity contribution is -0.116. The van der Waals surface area contributed by atoms with E-state index < -0.39 is 10.0 Å². The number of carbonyl (C=O) groups is 1. The van der Waals surface area contributed by atoms with Gasteiger partial charge in [0.15, 0.2) is 0 Å². The molecule has 6 nitrogen and oxygen atoms in total. The van der Waals surface area contributed by atoms with E-state index in [0.717, 1.165) is 48.8 Å². The minimum absolute atomic E-state index is 0.111. The molecule has 0 bridgehead atoms. The number of nitrogens with zero attached hydrogens (tertiary/aromatic N) is 1. The van der Waals surface area contributed by atoms with Gasteiger partial charge in [0.2, 0.25) is 15.9 Å². The second-order valence-electron chi connectivity index (χ2n) is 8.36. The number of sulfonamides is 1. The molecule has 31 heavy (non-hydrogen) atoms. The Bertz CT molecular complexity index is 1040. The number of ether oxygens (including phenoxy) is 1. The minimum Gasteiger partial charge on any atom is -0.495 e. The van der Waals surface area contributed by atoms with Crippen LogP contribution in [0, 0.1) is 20.8 Å². The molecule has 0 spiro atoms. The zero-order valence-corrected chi connectivity index (χ0v) is 19.6. The highest BCUT2D eigenvalue weighted by Gasteiger charge is 2.35. The number of hydrogen-bond acceptors (Lipinski definition) is 4. The van der Waals surface area contributed by atoms with Crippen molar-refractivity contribution in [3.63, 3.8) is 0 Å². The summed E-state index contributed by atoms with van der Waals surface area (Å²) in [6.07, 6.45) is 4.52. The van der Waals surface area contributed by atoms with E-state index in [1.165, 1.54) is 11.4 Å². The number of nitrogens with one attached hydrogen (secondary N) is 1. The molecule has 0 unspecified atom stereocenters. The fourth-order valence-corrected chi connectivity index (χ4v) is 5.98. The van der Waals surface area contributed by atoms with Crippen LogP contribution in [0.15, 0.2) is 41.3 Å². The zero-order chi connectivity index (χ0) is 22.6. The van der Waals surface area contributed by atoms with Crippen molar-refractivity contribution in [3.05, 3.63) is 53.1 Å². The molecule has 1 fully saturated rings. The normalized spacial score (nSPS) is 15.1. The molecular weight excluding hydrogens is 412 g/mol. The van der Waals surface area contributed by atoms with Gasteiger partial charge < -0.3 is 10.1 Å². The summed E-state index contributed by atoms with van der Waals surface area (Å²) in [7, 11) is -2.46.